The normalized spacial score (nSPS) is 12.1. The van der Waals surface area contributed by atoms with E-state index in [4.69, 9.17) is 0 Å². The molecule has 0 unspecified atom stereocenters. The molecular formula is C12H20N2O3S. The molecule has 0 radical (unpaired) electrons. The van der Waals surface area contributed by atoms with Crippen LogP contribution in [-0.4, -0.2) is 30.9 Å². The summed E-state index contributed by atoms with van der Waals surface area (Å²) < 4.78 is 27.6. The number of phenols is 1. The standard InChI is InChI=1S/C12H20N2O3S/c1-5-10-6-7-12(15)11(8-10)13-18(16,17)14(4)9(2)3/h6-9,13,15H,5H2,1-4H3. The second-order valence-corrected chi connectivity index (χ2v) is 6.15. The highest BCUT2D eigenvalue weighted by Gasteiger charge is 2.21. The highest BCUT2D eigenvalue weighted by atomic mass is 32.2. The van der Waals surface area contributed by atoms with E-state index in [2.05, 4.69) is 4.72 Å². The van der Waals surface area contributed by atoms with Gasteiger partial charge in [-0.2, -0.15) is 12.7 Å². The first-order valence-corrected chi connectivity index (χ1v) is 7.29. The molecule has 1 aromatic rings. The number of hydrogen-bond acceptors (Lipinski definition) is 3. The van der Waals surface area contributed by atoms with Crippen molar-refractivity contribution >= 4 is 15.9 Å². The zero-order valence-corrected chi connectivity index (χ0v) is 12.0. The minimum atomic E-state index is -3.64. The number of hydrogen-bond donors (Lipinski definition) is 2. The number of benzene rings is 1. The van der Waals surface area contributed by atoms with Gasteiger partial charge >= 0.3 is 10.2 Å². The summed E-state index contributed by atoms with van der Waals surface area (Å²) in [6.07, 6.45) is 0.773. The average Bonchev–Trinajstić information content (AvgIpc) is 2.30. The zero-order valence-electron chi connectivity index (χ0n) is 11.1. The van der Waals surface area contributed by atoms with Crippen molar-refractivity contribution in [2.24, 2.45) is 0 Å². The maximum absolute atomic E-state index is 12.0. The van der Waals surface area contributed by atoms with E-state index >= 15 is 0 Å². The molecule has 2 N–H and O–H groups in total. The molecule has 0 saturated carbocycles. The van der Waals surface area contributed by atoms with Crippen LogP contribution < -0.4 is 4.72 Å². The van der Waals surface area contributed by atoms with Gasteiger partial charge in [-0.1, -0.05) is 13.0 Å². The molecule has 0 fully saturated rings. The molecule has 1 rings (SSSR count). The largest absolute Gasteiger partial charge is 0.506 e. The number of aryl methyl sites for hydroxylation is 1. The Morgan fingerprint density at radius 2 is 2.00 bits per heavy atom. The van der Waals surface area contributed by atoms with Gasteiger partial charge < -0.3 is 5.11 Å². The monoisotopic (exact) mass is 272 g/mol. The molecule has 0 heterocycles. The summed E-state index contributed by atoms with van der Waals surface area (Å²) in [5, 5.41) is 9.67. The van der Waals surface area contributed by atoms with Crippen LogP contribution >= 0.6 is 0 Å². The van der Waals surface area contributed by atoms with Gasteiger partial charge in [0.05, 0.1) is 5.69 Å². The van der Waals surface area contributed by atoms with Gasteiger partial charge in [0, 0.05) is 13.1 Å². The van der Waals surface area contributed by atoms with Gasteiger partial charge in [-0.25, -0.2) is 0 Å². The van der Waals surface area contributed by atoms with Crippen LogP contribution in [0.5, 0.6) is 5.75 Å². The predicted octanol–water partition coefficient (Wildman–Crippen LogP) is 1.95. The van der Waals surface area contributed by atoms with Gasteiger partial charge in [-0.15, -0.1) is 0 Å². The lowest BCUT2D eigenvalue weighted by Crippen LogP contribution is -2.37. The van der Waals surface area contributed by atoms with Crippen molar-refractivity contribution in [2.45, 2.75) is 33.2 Å². The highest BCUT2D eigenvalue weighted by molar-refractivity contribution is 7.90. The number of anilines is 1. The molecular weight excluding hydrogens is 252 g/mol. The maximum atomic E-state index is 12.0. The molecule has 0 saturated heterocycles. The van der Waals surface area contributed by atoms with Crippen molar-refractivity contribution in [1.82, 2.24) is 4.31 Å². The summed E-state index contributed by atoms with van der Waals surface area (Å²) in [5.41, 5.74) is 1.17. The van der Waals surface area contributed by atoms with Gasteiger partial charge in [0.15, 0.2) is 0 Å². The number of phenolic OH excluding ortho intramolecular Hbond substituents is 1. The van der Waals surface area contributed by atoms with Crippen LogP contribution in [-0.2, 0) is 16.6 Å². The highest BCUT2D eigenvalue weighted by Crippen LogP contribution is 2.26. The molecule has 0 aliphatic rings. The lowest BCUT2D eigenvalue weighted by Gasteiger charge is -2.22. The van der Waals surface area contributed by atoms with Crippen LogP contribution in [0, 0.1) is 0 Å². The van der Waals surface area contributed by atoms with Gasteiger partial charge in [0.1, 0.15) is 5.75 Å². The van der Waals surface area contributed by atoms with E-state index in [9.17, 15) is 13.5 Å². The van der Waals surface area contributed by atoms with Crippen LogP contribution in [0.1, 0.15) is 26.3 Å². The summed E-state index contributed by atoms with van der Waals surface area (Å²) in [6.45, 7) is 5.52. The van der Waals surface area contributed by atoms with Crippen molar-refractivity contribution in [3.05, 3.63) is 23.8 Å². The molecule has 0 bridgehead atoms. The second kappa shape index (κ2) is 5.58. The molecule has 102 valence electrons. The van der Waals surface area contributed by atoms with Crippen LogP contribution in [0.3, 0.4) is 0 Å². The number of nitrogens with one attached hydrogen (secondary N) is 1. The van der Waals surface area contributed by atoms with Crippen molar-refractivity contribution in [3.63, 3.8) is 0 Å². The Hall–Kier alpha value is -1.27. The molecule has 0 amide bonds. The second-order valence-electron chi connectivity index (χ2n) is 4.42. The van der Waals surface area contributed by atoms with E-state index in [1.54, 1.807) is 26.0 Å². The summed E-state index contributed by atoms with van der Waals surface area (Å²) in [4.78, 5) is 0. The Kier molecular flexibility index (Phi) is 4.59. The summed E-state index contributed by atoms with van der Waals surface area (Å²) in [7, 11) is -2.14. The summed E-state index contributed by atoms with van der Waals surface area (Å²) >= 11 is 0. The summed E-state index contributed by atoms with van der Waals surface area (Å²) in [5.74, 6) is -0.0760. The maximum Gasteiger partial charge on any atom is 0.301 e. The van der Waals surface area contributed by atoms with Crippen molar-refractivity contribution in [2.75, 3.05) is 11.8 Å². The quantitative estimate of drug-likeness (QED) is 0.805. The molecule has 1 aromatic carbocycles. The predicted molar refractivity (Wildman–Crippen MR) is 72.9 cm³/mol. The minimum absolute atomic E-state index is 0.0760. The summed E-state index contributed by atoms with van der Waals surface area (Å²) in [6, 6.07) is 4.74. The van der Waals surface area contributed by atoms with Gasteiger partial charge in [-0.05, 0) is 38.0 Å². The van der Waals surface area contributed by atoms with E-state index in [1.165, 1.54) is 17.4 Å². The molecule has 0 atom stereocenters. The Balaban J connectivity index is 3.04. The third-order valence-electron chi connectivity index (χ3n) is 2.81. The molecule has 6 heteroatoms. The Bertz CT molecular complexity index is 512. The lowest BCUT2D eigenvalue weighted by molar-refractivity contribution is 0.413. The van der Waals surface area contributed by atoms with Gasteiger partial charge in [0.2, 0.25) is 0 Å². The number of aromatic hydroxyl groups is 1. The van der Waals surface area contributed by atoms with Crippen LogP contribution in [0.15, 0.2) is 18.2 Å². The number of nitrogens with zero attached hydrogens (tertiary/aromatic N) is 1. The van der Waals surface area contributed by atoms with Crippen LogP contribution in [0.2, 0.25) is 0 Å². The Labute approximate surface area is 109 Å². The molecule has 0 aromatic heterocycles. The first-order chi connectivity index (χ1) is 8.27. The van der Waals surface area contributed by atoms with Gasteiger partial charge in [-0.3, -0.25) is 4.72 Å². The van der Waals surface area contributed by atoms with E-state index in [0.717, 1.165) is 12.0 Å². The minimum Gasteiger partial charge on any atom is -0.506 e. The molecule has 18 heavy (non-hydrogen) atoms. The molecule has 0 aliphatic heterocycles. The van der Waals surface area contributed by atoms with Gasteiger partial charge in [0.25, 0.3) is 0 Å². The van der Waals surface area contributed by atoms with Crippen LogP contribution in [0.25, 0.3) is 0 Å². The zero-order chi connectivity index (χ0) is 13.9. The van der Waals surface area contributed by atoms with Crippen molar-refractivity contribution in [1.29, 1.82) is 0 Å². The van der Waals surface area contributed by atoms with Crippen molar-refractivity contribution < 1.29 is 13.5 Å². The average molecular weight is 272 g/mol. The third kappa shape index (κ3) is 3.36. The van der Waals surface area contributed by atoms with E-state index in [0.29, 0.717) is 0 Å². The molecule has 0 aliphatic carbocycles. The van der Waals surface area contributed by atoms with E-state index < -0.39 is 10.2 Å². The third-order valence-corrected chi connectivity index (χ3v) is 4.47. The Morgan fingerprint density at radius 1 is 1.39 bits per heavy atom. The van der Waals surface area contributed by atoms with E-state index in [-0.39, 0.29) is 17.5 Å². The fourth-order valence-electron chi connectivity index (χ4n) is 1.37. The fraction of sp³-hybridized carbons (Fsp3) is 0.500. The lowest BCUT2D eigenvalue weighted by atomic mass is 10.1. The van der Waals surface area contributed by atoms with Crippen LogP contribution in [0.4, 0.5) is 5.69 Å². The fourth-order valence-corrected chi connectivity index (χ4v) is 2.51. The SMILES string of the molecule is CCc1ccc(O)c(NS(=O)(=O)N(C)C(C)C)c1. The smallest absolute Gasteiger partial charge is 0.301 e. The first-order valence-electron chi connectivity index (χ1n) is 5.85. The molecule has 5 nitrogen and oxygen atoms in total. The van der Waals surface area contributed by atoms with Crippen molar-refractivity contribution in [3.8, 4) is 5.75 Å². The number of rotatable bonds is 5. The van der Waals surface area contributed by atoms with E-state index in [1.807, 2.05) is 6.92 Å². The first kappa shape index (κ1) is 14.8. The Morgan fingerprint density at radius 3 is 2.50 bits per heavy atom. The topological polar surface area (TPSA) is 69.6 Å². The molecule has 0 spiro atoms.